The van der Waals surface area contributed by atoms with Crippen molar-refractivity contribution < 1.29 is 35.9 Å². The first-order valence-electron chi connectivity index (χ1n) is 14.8. The van der Waals surface area contributed by atoms with Crippen molar-refractivity contribution in [2.45, 2.75) is 43.4 Å². The first-order chi connectivity index (χ1) is 21.9. The Balaban J connectivity index is 1.45. The SMILES string of the molecule is [C-]#[N+]C[C@H]1CN(c2nc(OCC34CCCN3CCC4)nc3c(F)c(-c4cccc(F)c4C(F)(F)F)ncc23)CCN1C(=O)C(=C)F. The third kappa shape index (κ3) is 5.59. The number of amides is 1. The molecule has 3 fully saturated rings. The maximum Gasteiger partial charge on any atom is 0.419 e. The maximum atomic E-state index is 16.3. The fraction of sp³-hybridized carbons (Fsp3) is 0.452. The Bertz CT molecular complexity index is 1730. The number of alkyl halides is 3. The number of carbonyl (C=O) groups is 1. The molecule has 0 spiro atoms. The van der Waals surface area contributed by atoms with Crippen LogP contribution in [0.5, 0.6) is 6.01 Å². The van der Waals surface area contributed by atoms with Gasteiger partial charge in [0.2, 0.25) is 6.54 Å². The van der Waals surface area contributed by atoms with Gasteiger partial charge in [-0.15, -0.1) is 0 Å². The minimum absolute atomic E-state index is 0.00381. The molecule has 1 atom stereocenters. The van der Waals surface area contributed by atoms with E-state index >= 15 is 4.39 Å². The molecule has 15 heteroatoms. The Hall–Kier alpha value is -4.45. The number of anilines is 1. The average Bonchev–Trinajstić information content (AvgIpc) is 3.60. The van der Waals surface area contributed by atoms with Gasteiger partial charge in [-0.1, -0.05) is 18.7 Å². The fourth-order valence-electron chi connectivity index (χ4n) is 6.92. The molecule has 3 aromatic rings. The monoisotopic (exact) mass is 645 g/mol. The second-order valence-electron chi connectivity index (χ2n) is 11.7. The summed E-state index contributed by atoms with van der Waals surface area (Å²) in [6, 6.07) is 1.60. The zero-order valence-electron chi connectivity index (χ0n) is 24.6. The smallest absolute Gasteiger partial charge is 0.419 e. The second kappa shape index (κ2) is 12.1. The largest absolute Gasteiger partial charge is 0.461 e. The van der Waals surface area contributed by atoms with E-state index < -0.39 is 57.9 Å². The van der Waals surface area contributed by atoms with E-state index in [0.29, 0.717) is 6.07 Å². The van der Waals surface area contributed by atoms with E-state index in [1.807, 2.05) is 0 Å². The molecule has 3 aliphatic rings. The lowest BCUT2D eigenvalue weighted by molar-refractivity contribution is -0.139. The lowest BCUT2D eigenvalue weighted by Crippen LogP contribution is -2.56. The van der Waals surface area contributed by atoms with E-state index in [9.17, 15) is 26.7 Å². The first kappa shape index (κ1) is 31.5. The topological polar surface area (TPSA) is 79.1 Å². The summed E-state index contributed by atoms with van der Waals surface area (Å²) in [6.07, 6.45) is -0.265. The summed E-state index contributed by atoms with van der Waals surface area (Å²) < 4.78 is 92.3. The molecule has 1 amide bonds. The summed E-state index contributed by atoms with van der Waals surface area (Å²) >= 11 is 0. The number of benzene rings is 1. The van der Waals surface area contributed by atoms with Crippen LogP contribution in [-0.4, -0.2) is 88.1 Å². The van der Waals surface area contributed by atoms with Gasteiger partial charge in [-0.3, -0.25) is 14.7 Å². The zero-order valence-corrected chi connectivity index (χ0v) is 24.6. The van der Waals surface area contributed by atoms with Crippen molar-refractivity contribution >= 4 is 22.6 Å². The van der Waals surface area contributed by atoms with Crippen LogP contribution in [0, 0.1) is 18.2 Å². The Kier molecular flexibility index (Phi) is 8.26. The Morgan fingerprint density at radius 1 is 1.13 bits per heavy atom. The van der Waals surface area contributed by atoms with E-state index in [4.69, 9.17) is 11.3 Å². The number of rotatable bonds is 7. The van der Waals surface area contributed by atoms with E-state index in [1.165, 1.54) is 4.90 Å². The number of aromatic nitrogens is 3. The Morgan fingerprint density at radius 2 is 1.87 bits per heavy atom. The minimum Gasteiger partial charge on any atom is -0.461 e. The van der Waals surface area contributed by atoms with Crippen LogP contribution >= 0.6 is 0 Å². The normalized spacial score (nSPS) is 19.7. The molecule has 0 N–H and O–H groups in total. The van der Waals surface area contributed by atoms with Crippen LogP contribution in [0.3, 0.4) is 0 Å². The number of ether oxygens (including phenoxy) is 1. The summed E-state index contributed by atoms with van der Waals surface area (Å²) in [7, 11) is 0. The van der Waals surface area contributed by atoms with Gasteiger partial charge in [0.1, 0.15) is 41.1 Å². The standard InChI is InChI=1S/C31H29F6N7O2/c1-18(32)28(45)44-13-12-42(16-19(44)14-38-2)27-21-15-39-25(20-6-3-7-22(33)23(20)31(35,36)37)24(34)26(21)40-29(41-27)46-17-30-8-4-10-43(30)11-5-9-30/h3,6-7,15,19H,1,4-5,8-14,16-17H2/t19-/m0/s1. The number of pyridine rings is 1. The number of hydrogen-bond acceptors (Lipinski definition) is 7. The second-order valence-corrected chi connectivity index (χ2v) is 11.7. The van der Waals surface area contributed by atoms with Gasteiger partial charge in [0.15, 0.2) is 11.6 Å². The van der Waals surface area contributed by atoms with Crippen molar-refractivity contribution in [2.24, 2.45) is 0 Å². The predicted octanol–water partition coefficient (Wildman–Crippen LogP) is 5.42. The number of hydrogen-bond donors (Lipinski definition) is 0. The quantitative estimate of drug-likeness (QED) is 0.193. The first-order valence-corrected chi connectivity index (χ1v) is 14.8. The van der Waals surface area contributed by atoms with Crippen molar-refractivity contribution in [2.75, 3.05) is 50.8 Å². The molecule has 0 radical (unpaired) electrons. The Morgan fingerprint density at radius 3 is 2.54 bits per heavy atom. The van der Waals surface area contributed by atoms with Gasteiger partial charge in [0, 0.05) is 31.4 Å². The van der Waals surface area contributed by atoms with Crippen LogP contribution in [0.1, 0.15) is 31.2 Å². The van der Waals surface area contributed by atoms with Gasteiger partial charge in [-0.05, 0) is 44.8 Å². The van der Waals surface area contributed by atoms with E-state index in [2.05, 4.69) is 31.3 Å². The molecule has 3 saturated heterocycles. The number of nitrogens with zero attached hydrogens (tertiary/aromatic N) is 7. The average molecular weight is 646 g/mol. The Labute approximate surface area is 260 Å². The highest BCUT2D eigenvalue weighted by Gasteiger charge is 2.45. The molecular weight excluding hydrogens is 616 g/mol. The van der Waals surface area contributed by atoms with Gasteiger partial charge in [-0.25, -0.2) is 19.7 Å². The van der Waals surface area contributed by atoms with Gasteiger partial charge in [0.05, 0.1) is 10.9 Å². The fourth-order valence-corrected chi connectivity index (χ4v) is 6.92. The third-order valence-electron chi connectivity index (χ3n) is 9.05. The highest BCUT2D eigenvalue weighted by Crippen LogP contribution is 2.42. The molecule has 2 aromatic heterocycles. The van der Waals surface area contributed by atoms with Crippen LogP contribution in [0.4, 0.5) is 32.2 Å². The molecule has 3 aliphatic heterocycles. The highest BCUT2D eigenvalue weighted by atomic mass is 19.4. The molecule has 242 valence electrons. The maximum absolute atomic E-state index is 16.3. The van der Waals surface area contributed by atoms with Crippen LogP contribution < -0.4 is 9.64 Å². The van der Waals surface area contributed by atoms with Crippen LogP contribution in [0.15, 0.2) is 36.8 Å². The molecular formula is C31H29F6N7O2. The molecule has 46 heavy (non-hydrogen) atoms. The highest BCUT2D eigenvalue weighted by molar-refractivity contribution is 5.93. The van der Waals surface area contributed by atoms with Gasteiger partial charge < -0.3 is 19.4 Å². The molecule has 5 heterocycles. The van der Waals surface area contributed by atoms with Crippen molar-refractivity contribution in [3.05, 3.63) is 65.4 Å². The summed E-state index contributed by atoms with van der Waals surface area (Å²) in [5, 5.41) is 0.0244. The van der Waals surface area contributed by atoms with E-state index in [-0.39, 0.29) is 55.5 Å². The third-order valence-corrected chi connectivity index (χ3v) is 9.05. The number of carbonyl (C=O) groups excluding carboxylic acids is 1. The number of halogens is 6. The predicted molar refractivity (Wildman–Crippen MR) is 155 cm³/mol. The molecule has 0 bridgehead atoms. The summed E-state index contributed by atoms with van der Waals surface area (Å²) in [5.41, 5.74) is -3.84. The molecule has 0 saturated carbocycles. The van der Waals surface area contributed by atoms with E-state index in [0.717, 1.165) is 57.1 Å². The molecule has 1 aromatic carbocycles. The van der Waals surface area contributed by atoms with Gasteiger partial charge in [-0.2, -0.15) is 23.1 Å². The van der Waals surface area contributed by atoms with Gasteiger partial charge >= 0.3 is 12.2 Å². The molecule has 9 nitrogen and oxygen atoms in total. The lowest BCUT2D eigenvalue weighted by Gasteiger charge is -2.39. The van der Waals surface area contributed by atoms with Crippen molar-refractivity contribution in [1.82, 2.24) is 24.8 Å². The van der Waals surface area contributed by atoms with Gasteiger partial charge in [0.25, 0.3) is 5.91 Å². The number of piperazine rings is 1. The molecule has 6 rings (SSSR count). The minimum atomic E-state index is -5.14. The zero-order chi connectivity index (χ0) is 32.8. The lowest BCUT2D eigenvalue weighted by atomic mass is 9.95. The number of fused-ring (bicyclic) bond motifs is 2. The van der Waals surface area contributed by atoms with Crippen molar-refractivity contribution in [3.8, 4) is 17.3 Å². The van der Waals surface area contributed by atoms with Crippen LogP contribution in [0.2, 0.25) is 0 Å². The summed E-state index contributed by atoms with van der Waals surface area (Å²) in [6.45, 7) is 12.4. The van der Waals surface area contributed by atoms with Crippen molar-refractivity contribution in [3.63, 3.8) is 0 Å². The summed E-state index contributed by atoms with van der Waals surface area (Å²) in [4.78, 5) is 33.8. The molecule has 0 unspecified atom stereocenters. The van der Waals surface area contributed by atoms with Crippen LogP contribution in [-0.2, 0) is 11.0 Å². The van der Waals surface area contributed by atoms with Crippen LogP contribution in [0.25, 0.3) is 27.0 Å². The van der Waals surface area contributed by atoms with E-state index in [1.54, 1.807) is 4.90 Å². The molecule has 0 aliphatic carbocycles. The van der Waals surface area contributed by atoms with Crippen molar-refractivity contribution in [1.29, 1.82) is 0 Å². The summed E-state index contributed by atoms with van der Waals surface area (Å²) in [5.74, 6) is -4.82.